The van der Waals surface area contributed by atoms with Crippen LogP contribution in [-0.2, 0) is 0 Å². The van der Waals surface area contributed by atoms with Gasteiger partial charge in [0.15, 0.2) is 0 Å². The third-order valence-corrected chi connectivity index (χ3v) is 5.22. The van der Waals surface area contributed by atoms with Crippen LogP contribution in [0.25, 0.3) is 0 Å². The molecule has 0 aromatic rings. The van der Waals surface area contributed by atoms with Crippen LogP contribution in [0.5, 0.6) is 0 Å². The maximum absolute atomic E-state index is 3.65. The molecule has 0 aromatic heterocycles. The molecular formula is C12H24N2S. The second-order valence-corrected chi connectivity index (χ2v) is 6.44. The molecule has 1 N–H and O–H groups in total. The summed E-state index contributed by atoms with van der Waals surface area (Å²) in [6.45, 7) is 8.55. The molecule has 2 heterocycles. The van der Waals surface area contributed by atoms with Crippen LogP contribution in [0.3, 0.4) is 0 Å². The highest BCUT2D eigenvalue weighted by atomic mass is 32.2. The monoisotopic (exact) mass is 228 g/mol. The zero-order valence-electron chi connectivity index (χ0n) is 10.0. The van der Waals surface area contributed by atoms with Crippen molar-refractivity contribution in [3.63, 3.8) is 0 Å². The van der Waals surface area contributed by atoms with Crippen LogP contribution in [-0.4, -0.2) is 47.6 Å². The van der Waals surface area contributed by atoms with Gasteiger partial charge < -0.3 is 5.32 Å². The van der Waals surface area contributed by atoms with E-state index in [1.165, 1.54) is 44.6 Å². The van der Waals surface area contributed by atoms with E-state index < -0.39 is 0 Å². The van der Waals surface area contributed by atoms with Crippen LogP contribution < -0.4 is 5.32 Å². The van der Waals surface area contributed by atoms with Crippen molar-refractivity contribution in [2.75, 3.05) is 25.4 Å². The Labute approximate surface area is 98.2 Å². The summed E-state index contributed by atoms with van der Waals surface area (Å²) in [6.07, 6.45) is 4.17. The molecular weight excluding hydrogens is 204 g/mol. The molecule has 2 saturated heterocycles. The Bertz CT molecular complexity index is 192. The largest absolute Gasteiger partial charge is 0.313 e. The minimum Gasteiger partial charge on any atom is -0.313 e. The lowest BCUT2D eigenvalue weighted by atomic mass is 10.0. The summed E-state index contributed by atoms with van der Waals surface area (Å²) in [7, 11) is 0. The van der Waals surface area contributed by atoms with Gasteiger partial charge in [-0.3, -0.25) is 4.90 Å². The molecule has 3 heteroatoms. The summed E-state index contributed by atoms with van der Waals surface area (Å²) in [4.78, 5) is 2.68. The van der Waals surface area contributed by atoms with Crippen LogP contribution in [0, 0.1) is 0 Å². The van der Waals surface area contributed by atoms with Gasteiger partial charge >= 0.3 is 0 Å². The van der Waals surface area contributed by atoms with Crippen LogP contribution in [0.4, 0.5) is 0 Å². The molecule has 3 atom stereocenters. The van der Waals surface area contributed by atoms with Crippen molar-refractivity contribution >= 4 is 11.8 Å². The lowest BCUT2D eigenvalue weighted by Gasteiger charge is -2.40. The van der Waals surface area contributed by atoms with E-state index in [2.05, 4.69) is 35.8 Å². The molecule has 3 unspecified atom stereocenters. The summed E-state index contributed by atoms with van der Waals surface area (Å²) in [5, 5.41) is 4.46. The number of nitrogens with one attached hydrogen (secondary N) is 1. The summed E-state index contributed by atoms with van der Waals surface area (Å²) in [5.41, 5.74) is 0. The van der Waals surface area contributed by atoms with Crippen molar-refractivity contribution in [3.05, 3.63) is 0 Å². The van der Waals surface area contributed by atoms with E-state index in [1.54, 1.807) is 0 Å². The highest BCUT2D eigenvalue weighted by Gasteiger charge is 2.27. The summed E-state index contributed by atoms with van der Waals surface area (Å²) < 4.78 is 0. The van der Waals surface area contributed by atoms with Crippen molar-refractivity contribution in [3.8, 4) is 0 Å². The number of rotatable bonds is 2. The first-order chi connectivity index (χ1) is 7.27. The molecule has 88 valence electrons. The number of hydrogen-bond donors (Lipinski definition) is 1. The van der Waals surface area contributed by atoms with E-state index >= 15 is 0 Å². The van der Waals surface area contributed by atoms with Gasteiger partial charge in [0, 0.05) is 36.2 Å². The highest BCUT2D eigenvalue weighted by molar-refractivity contribution is 8.00. The standard InChI is InChI=1S/C12H24N2S/c1-10-11(2)15-8-7-14(10)9-12-5-3-4-6-13-12/h10-13H,3-9H2,1-2H3. The van der Waals surface area contributed by atoms with Crippen LogP contribution in [0.15, 0.2) is 0 Å². The van der Waals surface area contributed by atoms with E-state index in [0.717, 1.165) is 17.3 Å². The summed E-state index contributed by atoms with van der Waals surface area (Å²) in [6, 6.07) is 1.52. The minimum absolute atomic E-state index is 0.757. The average molecular weight is 228 g/mol. The molecule has 0 amide bonds. The number of hydrogen-bond acceptors (Lipinski definition) is 3. The number of thioether (sulfide) groups is 1. The number of piperidine rings is 1. The number of nitrogens with zero attached hydrogens (tertiary/aromatic N) is 1. The second kappa shape index (κ2) is 5.55. The molecule has 0 bridgehead atoms. The van der Waals surface area contributed by atoms with E-state index in [0.29, 0.717) is 0 Å². The smallest absolute Gasteiger partial charge is 0.0195 e. The molecule has 15 heavy (non-hydrogen) atoms. The van der Waals surface area contributed by atoms with Gasteiger partial charge in [0.1, 0.15) is 0 Å². The Balaban J connectivity index is 1.81. The molecule has 0 radical (unpaired) electrons. The van der Waals surface area contributed by atoms with E-state index in [1.807, 2.05) is 0 Å². The lowest BCUT2D eigenvalue weighted by molar-refractivity contribution is 0.179. The SMILES string of the molecule is CC1SCCN(CC2CCCCN2)C1C. The molecule has 2 aliphatic heterocycles. The van der Waals surface area contributed by atoms with E-state index in [4.69, 9.17) is 0 Å². The quantitative estimate of drug-likeness (QED) is 0.778. The second-order valence-electron chi connectivity index (χ2n) is 4.96. The predicted molar refractivity (Wildman–Crippen MR) is 68.6 cm³/mol. The molecule has 2 nitrogen and oxygen atoms in total. The Morgan fingerprint density at radius 2 is 2.20 bits per heavy atom. The first-order valence-electron chi connectivity index (χ1n) is 6.36. The molecule has 0 aliphatic carbocycles. The average Bonchev–Trinajstić information content (AvgIpc) is 2.26. The zero-order valence-corrected chi connectivity index (χ0v) is 10.9. The topological polar surface area (TPSA) is 15.3 Å². The lowest BCUT2D eigenvalue weighted by Crippen LogP contribution is -2.51. The highest BCUT2D eigenvalue weighted by Crippen LogP contribution is 2.24. The molecule has 2 fully saturated rings. The van der Waals surface area contributed by atoms with Gasteiger partial charge in [-0.25, -0.2) is 0 Å². The Kier molecular flexibility index (Phi) is 4.35. The maximum atomic E-state index is 3.65. The van der Waals surface area contributed by atoms with E-state index in [-0.39, 0.29) is 0 Å². The van der Waals surface area contributed by atoms with Gasteiger partial charge in [0.25, 0.3) is 0 Å². The first kappa shape index (κ1) is 11.7. The van der Waals surface area contributed by atoms with Gasteiger partial charge in [0.2, 0.25) is 0 Å². The van der Waals surface area contributed by atoms with Crippen LogP contribution in [0.2, 0.25) is 0 Å². The van der Waals surface area contributed by atoms with Crippen LogP contribution >= 0.6 is 11.8 Å². The van der Waals surface area contributed by atoms with Crippen molar-refractivity contribution < 1.29 is 0 Å². The van der Waals surface area contributed by atoms with Gasteiger partial charge in [-0.15, -0.1) is 0 Å². The fraction of sp³-hybridized carbons (Fsp3) is 1.00. The molecule has 2 rings (SSSR count). The third-order valence-electron chi connectivity index (χ3n) is 3.88. The zero-order chi connectivity index (χ0) is 10.7. The van der Waals surface area contributed by atoms with E-state index in [9.17, 15) is 0 Å². The molecule has 0 spiro atoms. The summed E-state index contributed by atoms with van der Waals surface area (Å²) in [5.74, 6) is 1.32. The third kappa shape index (κ3) is 3.11. The fourth-order valence-corrected chi connectivity index (χ4v) is 3.78. The van der Waals surface area contributed by atoms with Crippen LogP contribution in [0.1, 0.15) is 33.1 Å². The molecule has 2 aliphatic rings. The summed E-state index contributed by atoms with van der Waals surface area (Å²) >= 11 is 2.13. The van der Waals surface area contributed by atoms with Crippen molar-refractivity contribution in [1.29, 1.82) is 0 Å². The Morgan fingerprint density at radius 3 is 2.93 bits per heavy atom. The molecule has 0 saturated carbocycles. The predicted octanol–water partition coefficient (Wildman–Crippen LogP) is 1.95. The van der Waals surface area contributed by atoms with Crippen molar-refractivity contribution in [1.82, 2.24) is 10.2 Å². The minimum atomic E-state index is 0.757. The van der Waals surface area contributed by atoms with Crippen molar-refractivity contribution in [2.45, 2.75) is 50.4 Å². The first-order valence-corrected chi connectivity index (χ1v) is 7.41. The molecule has 0 aromatic carbocycles. The normalized spacial score (nSPS) is 39.2. The Morgan fingerprint density at radius 1 is 1.33 bits per heavy atom. The fourth-order valence-electron chi connectivity index (χ4n) is 2.62. The van der Waals surface area contributed by atoms with Gasteiger partial charge in [0.05, 0.1) is 0 Å². The van der Waals surface area contributed by atoms with Crippen molar-refractivity contribution in [2.24, 2.45) is 0 Å². The van der Waals surface area contributed by atoms with Gasteiger partial charge in [-0.2, -0.15) is 11.8 Å². The Hall–Kier alpha value is 0.270. The maximum Gasteiger partial charge on any atom is 0.0195 e. The van der Waals surface area contributed by atoms with Gasteiger partial charge in [-0.1, -0.05) is 13.3 Å². The van der Waals surface area contributed by atoms with Gasteiger partial charge in [-0.05, 0) is 26.3 Å².